The molecule has 9 nitrogen and oxygen atoms in total. The number of amides is 4. The molecule has 0 aromatic heterocycles. The first-order valence-electron chi connectivity index (χ1n) is 10.6. The third-order valence-corrected chi connectivity index (χ3v) is 5.82. The molecular formula is C24H28N4O5. The van der Waals surface area contributed by atoms with Crippen molar-refractivity contribution in [2.24, 2.45) is 0 Å². The van der Waals surface area contributed by atoms with Crippen LogP contribution < -0.4 is 10.6 Å². The van der Waals surface area contributed by atoms with Gasteiger partial charge in [0.2, 0.25) is 5.91 Å². The summed E-state index contributed by atoms with van der Waals surface area (Å²) in [6.07, 6.45) is 0. The lowest BCUT2D eigenvalue weighted by molar-refractivity contribution is -0.143. The number of methoxy groups -OCH3 is 1. The molecule has 2 N–H and O–H groups in total. The molecule has 2 atom stereocenters. The van der Waals surface area contributed by atoms with Gasteiger partial charge < -0.3 is 20.3 Å². The molecular weight excluding hydrogens is 424 g/mol. The highest BCUT2D eigenvalue weighted by molar-refractivity contribution is 6.09. The highest BCUT2D eigenvalue weighted by atomic mass is 16.5. The first kappa shape index (κ1) is 23.9. The molecule has 0 radical (unpaired) electrons. The van der Waals surface area contributed by atoms with Crippen LogP contribution in [0.15, 0.2) is 60.7 Å². The van der Waals surface area contributed by atoms with Crippen LogP contribution in [0.5, 0.6) is 0 Å². The van der Waals surface area contributed by atoms with Crippen LogP contribution in [0.25, 0.3) is 0 Å². The number of ether oxygens (including phenoxy) is 1. The number of imide groups is 1. The summed E-state index contributed by atoms with van der Waals surface area (Å²) in [5.74, 6) is -1.57. The Hall–Kier alpha value is -3.72. The molecule has 2 aromatic carbocycles. The van der Waals surface area contributed by atoms with Gasteiger partial charge in [0.25, 0.3) is 5.91 Å². The van der Waals surface area contributed by atoms with Gasteiger partial charge in [-0.2, -0.15) is 0 Å². The average Bonchev–Trinajstić information content (AvgIpc) is 3.02. The third kappa shape index (κ3) is 4.88. The van der Waals surface area contributed by atoms with E-state index in [2.05, 4.69) is 15.4 Å². The third-order valence-electron chi connectivity index (χ3n) is 5.82. The molecule has 0 spiro atoms. The molecule has 1 aliphatic rings. The molecule has 9 heteroatoms. The minimum Gasteiger partial charge on any atom is -0.468 e. The summed E-state index contributed by atoms with van der Waals surface area (Å²) >= 11 is 0. The van der Waals surface area contributed by atoms with Gasteiger partial charge in [0.05, 0.1) is 7.11 Å². The molecule has 1 saturated heterocycles. The van der Waals surface area contributed by atoms with Crippen molar-refractivity contribution in [1.82, 2.24) is 20.4 Å². The fourth-order valence-corrected chi connectivity index (χ4v) is 3.84. The van der Waals surface area contributed by atoms with Crippen molar-refractivity contribution in [3.63, 3.8) is 0 Å². The summed E-state index contributed by atoms with van der Waals surface area (Å²) in [5.41, 5.74) is 0.249. The number of likely N-dealkylation sites (N-methyl/N-ethyl adjacent to an activating group) is 1. The number of benzene rings is 2. The van der Waals surface area contributed by atoms with Crippen molar-refractivity contribution >= 4 is 23.8 Å². The van der Waals surface area contributed by atoms with E-state index in [1.54, 1.807) is 38.2 Å². The van der Waals surface area contributed by atoms with E-state index in [0.717, 1.165) is 10.5 Å². The van der Waals surface area contributed by atoms with Crippen molar-refractivity contribution in [3.8, 4) is 0 Å². The number of hydrogen-bond acceptors (Lipinski definition) is 6. The van der Waals surface area contributed by atoms with Gasteiger partial charge >= 0.3 is 12.0 Å². The molecule has 0 aliphatic carbocycles. The lowest BCUT2D eigenvalue weighted by Gasteiger charge is -2.32. The molecule has 4 amide bonds. The van der Waals surface area contributed by atoms with E-state index in [1.807, 2.05) is 36.4 Å². The van der Waals surface area contributed by atoms with Crippen molar-refractivity contribution in [3.05, 3.63) is 71.8 Å². The average molecular weight is 453 g/mol. The van der Waals surface area contributed by atoms with Gasteiger partial charge in [-0.15, -0.1) is 0 Å². The quantitative estimate of drug-likeness (QED) is 0.438. The van der Waals surface area contributed by atoms with Gasteiger partial charge in [0, 0.05) is 13.1 Å². The van der Waals surface area contributed by atoms with Crippen molar-refractivity contribution in [2.75, 3.05) is 27.2 Å². The van der Waals surface area contributed by atoms with E-state index in [0.29, 0.717) is 5.56 Å². The number of carbonyl (C=O) groups excluding carboxylic acids is 4. The summed E-state index contributed by atoms with van der Waals surface area (Å²) in [6.45, 7) is 1.40. The molecule has 0 saturated carbocycles. The maximum atomic E-state index is 13.5. The van der Waals surface area contributed by atoms with Crippen molar-refractivity contribution in [2.45, 2.75) is 25.0 Å². The van der Waals surface area contributed by atoms with Crippen LogP contribution in [0.4, 0.5) is 4.79 Å². The Morgan fingerprint density at radius 2 is 1.64 bits per heavy atom. The van der Waals surface area contributed by atoms with Crippen LogP contribution in [0, 0.1) is 0 Å². The highest BCUT2D eigenvalue weighted by Crippen LogP contribution is 2.38. The van der Waals surface area contributed by atoms with Gasteiger partial charge in [-0.05, 0) is 25.1 Å². The molecule has 2 unspecified atom stereocenters. The molecule has 1 fully saturated rings. The molecule has 2 aromatic rings. The van der Waals surface area contributed by atoms with Crippen LogP contribution in [0.1, 0.15) is 18.1 Å². The standard InChI is InChI=1S/C24H28N4O5/c1-24(18-12-8-5-9-13-18)22(31)27(16-20(29)26-14-19(25-2)21(30)33-3)23(32)28(24)15-17-10-6-4-7-11-17/h4-13,19,25H,14-16H2,1-3H3,(H,26,29). The lowest BCUT2D eigenvalue weighted by atomic mass is 9.90. The Balaban J connectivity index is 1.83. The fraction of sp³-hybridized carbons (Fsp3) is 0.333. The molecule has 174 valence electrons. The van der Waals surface area contributed by atoms with E-state index in [9.17, 15) is 19.2 Å². The van der Waals surface area contributed by atoms with E-state index < -0.39 is 41.9 Å². The van der Waals surface area contributed by atoms with Gasteiger partial charge in [-0.1, -0.05) is 60.7 Å². The normalized spacial score (nSPS) is 18.9. The summed E-state index contributed by atoms with van der Waals surface area (Å²) < 4.78 is 4.67. The summed E-state index contributed by atoms with van der Waals surface area (Å²) in [5, 5.41) is 5.32. The minimum absolute atomic E-state index is 0.0398. The Labute approximate surface area is 192 Å². The van der Waals surface area contributed by atoms with Crippen LogP contribution in [0.2, 0.25) is 0 Å². The number of nitrogens with zero attached hydrogens (tertiary/aromatic N) is 2. The molecule has 1 aliphatic heterocycles. The zero-order chi connectivity index (χ0) is 24.0. The van der Waals surface area contributed by atoms with E-state index in [4.69, 9.17) is 0 Å². The second kappa shape index (κ2) is 10.3. The topological polar surface area (TPSA) is 108 Å². The summed E-state index contributed by atoms with van der Waals surface area (Å²) in [7, 11) is 2.82. The molecule has 1 heterocycles. The zero-order valence-electron chi connectivity index (χ0n) is 18.9. The van der Waals surface area contributed by atoms with Crippen molar-refractivity contribution < 1.29 is 23.9 Å². The van der Waals surface area contributed by atoms with Gasteiger partial charge in [-0.3, -0.25) is 19.3 Å². The van der Waals surface area contributed by atoms with Crippen LogP contribution >= 0.6 is 0 Å². The first-order chi connectivity index (χ1) is 15.8. The number of nitrogens with one attached hydrogen (secondary N) is 2. The largest absolute Gasteiger partial charge is 0.468 e. The summed E-state index contributed by atoms with van der Waals surface area (Å²) in [6, 6.07) is 17.1. The highest BCUT2D eigenvalue weighted by Gasteiger charge is 2.55. The predicted octanol–water partition coefficient (Wildman–Crippen LogP) is 1.24. The monoisotopic (exact) mass is 452 g/mol. The smallest absolute Gasteiger partial charge is 0.328 e. The number of esters is 1. The van der Waals surface area contributed by atoms with Crippen LogP contribution in [-0.2, 0) is 31.2 Å². The number of hydrogen-bond donors (Lipinski definition) is 2. The Morgan fingerprint density at radius 3 is 2.21 bits per heavy atom. The Kier molecular flexibility index (Phi) is 7.44. The van der Waals surface area contributed by atoms with Gasteiger partial charge in [0.15, 0.2) is 0 Å². The van der Waals surface area contributed by atoms with E-state index in [1.165, 1.54) is 12.0 Å². The second-order valence-electron chi connectivity index (χ2n) is 7.85. The second-order valence-corrected chi connectivity index (χ2v) is 7.85. The lowest BCUT2D eigenvalue weighted by Crippen LogP contribution is -2.48. The Morgan fingerprint density at radius 1 is 1.03 bits per heavy atom. The summed E-state index contributed by atoms with van der Waals surface area (Å²) in [4.78, 5) is 53.6. The maximum absolute atomic E-state index is 13.5. The first-order valence-corrected chi connectivity index (χ1v) is 10.6. The number of rotatable bonds is 9. The number of carbonyl (C=O) groups is 4. The van der Waals surface area contributed by atoms with Gasteiger partial charge in [0.1, 0.15) is 18.1 Å². The molecule has 33 heavy (non-hydrogen) atoms. The minimum atomic E-state index is -1.27. The molecule has 3 rings (SSSR count). The molecule has 0 bridgehead atoms. The number of urea groups is 1. The van der Waals surface area contributed by atoms with Crippen molar-refractivity contribution in [1.29, 1.82) is 0 Å². The van der Waals surface area contributed by atoms with Crippen LogP contribution in [-0.4, -0.2) is 66.9 Å². The zero-order valence-corrected chi connectivity index (χ0v) is 18.9. The Bertz CT molecular complexity index is 1010. The van der Waals surface area contributed by atoms with E-state index in [-0.39, 0.29) is 13.1 Å². The van der Waals surface area contributed by atoms with Crippen LogP contribution in [0.3, 0.4) is 0 Å². The predicted molar refractivity (Wildman–Crippen MR) is 121 cm³/mol. The fourth-order valence-electron chi connectivity index (χ4n) is 3.84. The SMILES string of the molecule is CNC(CNC(=O)CN1C(=O)N(Cc2ccccc2)C(C)(c2ccccc2)C1=O)C(=O)OC. The van der Waals surface area contributed by atoms with Gasteiger partial charge in [-0.25, -0.2) is 4.79 Å². The maximum Gasteiger partial charge on any atom is 0.328 e. The van der Waals surface area contributed by atoms with E-state index >= 15 is 0 Å².